The number of benzene rings is 1. The van der Waals surface area contributed by atoms with Gasteiger partial charge in [-0.2, -0.15) is 0 Å². The molecule has 0 aliphatic heterocycles. The van der Waals surface area contributed by atoms with E-state index in [4.69, 9.17) is 5.73 Å². The molecule has 1 atom stereocenters. The van der Waals surface area contributed by atoms with Crippen LogP contribution in [-0.4, -0.2) is 0 Å². The molecule has 1 heteroatoms. The van der Waals surface area contributed by atoms with Gasteiger partial charge < -0.3 is 5.73 Å². The van der Waals surface area contributed by atoms with Gasteiger partial charge in [0.05, 0.1) is 0 Å². The Morgan fingerprint density at radius 3 is 2.58 bits per heavy atom. The van der Waals surface area contributed by atoms with E-state index >= 15 is 0 Å². The van der Waals surface area contributed by atoms with Crippen LogP contribution in [0, 0.1) is 12.0 Å². The van der Waals surface area contributed by atoms with Crippen LogP contribution in [0.4, 0.5) is 0 Å². The highest BCUT2D eigenvalue weighted by molar-refractivity contribution is 5.20. The summed E-state index contributed by atoms with van der Waals surface area (Å²) >= 11 is 0. The molecule has 1 unspecified atom stereocenters. The van der Waals surface area contributed by atoms with Crippen molar-refractivity contribution in [3.63, 3.8) is 0 Å². The van der Waals surface area contributed by atoms with Gasteiger partial charge in [0.2, 0.25) is 0 Å². The van der Waals surface area contributed by atoms with Gasteiger partial charge >= 0.3 is 0 Å². The van der Waals surface area contributed by atoms with Gasteiger partial charge in [-0.15, -0.1) is 0 Å². The number of hydrogen-bond donors (Lipinski definition) is 1. The Kier molecular flexibility index (Phi) is 3.22. The van der Waals surface area contributed by atoms with Crippen LogP contribution in [0.2, 0.25) is 0 Å². The molecule has 0 amide bonds. The van der Waals surface area contributed by atoms with Gasteiger partial charge in [-0.05, 0) is 11.5 Å². The predicted octanol–water partition coefficient (Wildman–Crippen LogP) is 2.10. The summed E-state index contributed by atoms with van der Waals surface area (Å²) in [6, 6.07) is 12.8. The minimum atomic E-state index is 0.474. The summed E-state index contributed by atoms with van der Waals surface area (Å²) in [4.78, 5) is 0. The molecule has 62 valence electrons. The third kappa shape index (κ3) is 2.32. The van der Waals surface area contributed by atoms with Crippen LogP contribution < -0.4 is 5.73 Å². The maximum absolute atomic E-state index is 5.09. The molecule has 1 nitrogen and oxygen atoms in total. The number of rotatable bonds is 2. The first kappa shape index (κ1) is 8.67. The highest BCUT2D eigenvalue weighted by Gasteiger charge is 2.01. The average Bonchev–Trinajstić information content (AvgIpc) is 2.15. The maximum Gasteiger partial charge on any atom is 0.0173 e. The first-order valence-corrected chi connectivity index (χ1v) is 4.08. The van der Waals surface area contributed by atoms with E-state index < -0.39 is 0 Å². The van der Waals surface area contributed by atoms with Crippen LogP contribution in [0.3, 0.4) is 0 Å². The highest BCUT2D eigenvalue weighted by Crippen LogP contribution is 2.16. The third-order valence-corrected chi connectivity index (χ3v) is 1.88. The van der Waals surface area contributed by atoms with Crippen molar-refractivity contribution < 1.29 is 0 Å². The minimum Gasteiger partial charge on any atom is -0.359 e. The Bertz CT molecular complexity index is 279. The van der Waals surface area contributed by atoms with Crippen molar-refractivity contribution in [1.82, 2.24) is 0 Å². The molecule has 2 N–H and O–H groups in total. The Morgan fingerprint density at radius 1 is 1.33 bits per heavy atom. The van der Waals surface area contributed by atoms with E-state index in [1.165, 1.54) is 5.56 Å². The van der Waals surface area contributed by atoms with E-state index in [1.54, 1.807) is 0 Å². The molecule has 0 aliphatic rings. The Labute approximate surface area is 73.6 Å². The molecule has 12 heavy (non-hydrogen) atoms. The molecule has 0 radical (unpaired) electrons. The Morgan fingerprint density at radius 2 is 2.00 bits per heavy atom. The molecule has 1 rings (SSSR count). The minimum absolute atomic E-state index is 0.474. The summed E-state index contributed by atoms with van der Waals surface area (Å²) in [6.07, 6.45) is 0.834. The van der Waals surface area contributed by atoms with Crippen LogP contribution in [-0.2, 0) is 0 Å². The van der Waals surface area contributed by atoms with E-state index in [-0.39, 0.29) is 0 Å². The molecule has 1 aromatic carbocycles. The lowest BCUT2D eigenvalue weighted by atomic mass is 9.98. The summed E-state index contributed by atoms with van der Waals surface area (Å²) in [5, 5.41) is 0. The maximum atomic E-state index is 5.09. The smallest absolute Gasteiger partial charge is 0.0173 e. The molecular formula is C11H13N. The van der Waals surface area contributed by atoms with E-state index in [1.807, 2.05) is 18.2 Å². The Hall–Kier alpha value is -1.42. The second-order valence-electron chi connectivity index (χ2n) is 2.84. The molecule has 0 aliphatic carbocycles. The van der Waals surface area contributed by atoms with Crippen molar-refractivity contribution in [2.24, 2.45) is 5.73 Å². The van der Waals surface area contributed by atoms with E-state index in [0.717, 1.165) is 6.42 Å². The normalized spacial score (nSPS) is 11.4. The van der Waals surface area contributed by atoms with Crippen molar-refractivity contribution in [2.45, 2.75) is 19.3 Å². The van der Waals surface area contributed by atoms with E-state index in [9.17, 15) is 0 Å². The van der Waals surface area contributed by atoms with Gasteiger partial charge in [-0.1, -0.05) is 43.2 Å². The molecule has 0 spiro atoms. The van der Waals surface area contributed by atoms with Gasteiger partial charge in [-0.25, -0.2) is 0 Å². The van der Waals surface area contributed by atoms with Gasteiger partial charge in [0.15, 0.2) is 0 Å². The lowest BCUT2D eigenvalue weighted by molar-refractivity contribution is 0.795. The van der Waals surface area contributed by atoms with E-state index in [2.05, 4.69) is 31.0 Å². The summed E-state index contributed by atoms with van der Waals surface area (Å²) in [7, 11) is 0. The van der Waals surface area contributed by atoms with Gasteiger partial charge in [0.25, 0.3) is 0 Å². The zero-order valence-electron chi connectivity index (χ0n) is 7.25. The first-order valence-electron chi connectivity index (χ1n) is 4.08. The second kappa shape index (κ2) is 4.46. The number of hydrogen-bond acceptors (Lipinski definition) is 1. The average molecular weight is 159 g/mol. The highest BCUT2D eigenvalue weighted by atomic mass is 14.5. The lowest BCUT2D eigenvalue weighted by Crippen LogP contribution is -1.91. The van der Waals surface area contributed by atoms with Crippen molar-refractivity contribution >= 4 is 0 Å². The van der Waals surface area contributed by atoms with E-state index in [0.29, 0.717) is 5.92 Å². The van der Waals surface area contributed by atoms with Crippen molar-refractivity contribution in [2.75, 3.05) is 0 Å². The molecule has 0 bridgehead atoms. The molecule has 0 saturated carbocycles. The van der Waals surface area contributed by atoms with Crippen molar-refractivity contribution in [1.29, 1.82) is 0 Å². The van der Waals surface area contributed by atoms with Crippen molar-refractivity contribution in [3.05, 3.63) is 35.9 Å². The number of nitrogens with two attached hydrogens (primary N) is 1. The molecular weight excluding hydrogens is 146 g/mol. The fraction of sp³-hybridized carbons (Fsp3) is 0.273. The summed E-state index contributed by atoms with van der Waals surface area (Å²) in [6.45, 7) is 2.15. The van der Waals surface area contributed by atoms with Crippen LogP contribution in [0.25, 0.3) is 0 Å². The molecule has 0 saturated heterocycles. The fourth-order valence-corrected chi connectivity index (χ4v) is 1.11. The molecule has 0 fully saturated rings. The summed E-state index contributed by atoms with van der Waals surface area (Å²) in [5.41, 5.74) is 6.41. The van der Waals surface area contributed by atoms with Gasteiger partial charge in [-0.3, -0.25) is 0 Å². The summed E-state index contributed by atoms with van der Waals surface area (Å²) < 4.78 is 0. The molecule has 1 aromatic rings. The van der Waals surface area contributed by atoms with Crippen LogP contribution in [0.15, 0.2) is 30.3 Å². The van der Waals surface area contributed by atoms with Crippen LogP contribution in [0.1, 0.15) is 24.8 Å². The van der Waals surface area contributed by atoms with Crippen LogP contribution >= 0.6 is 0 Å². The lowest BCUT2D eigenvalue weighted by Gasteiger charge is -2.06. The first-order chi connectivity index (χ1) is 5.84. The second-order valence-corrected chi connectivity index (χ2v) is 2.84. The molecule has 0 aromatic heterocycles. The zero-order valence-corrected chi connectivity index (χ0v) is 7.25. The quantitative estimate of drug-likeness (QED) is 0.519. The van der Waals surface area contributed by atoms with Crippen LogP contribution in [0.5, 0.6) is 0 Å². The Balaban J connectivity index is 2.63. The van der Waals surface area contributed by atoms with Crippen molar-refractivity contribution in [3.8, 4) is 12.0 Å². The topological polar surface area (TPSA) is 26.0 Å². The summed E-state index contributed by atoms with van der Waals surface area (Å²) in [5.74, 6) is 3.35. The third-order valence-electron chi connectivity index (χ3n) is 1.88. The zero-order chi connectivity index (χ0) is 8.81. The predicted molar refractivity (Wildman–Crippen MR) is 51.4 cm³/mol. The SMILES string of the molecule is CC(CC#CN)c1ccccc1. The standard InChI is InChI=1S/C11H13N/c1-10(6-5-9-12)11-7-3-2-4-8-11/h2-4,7-8,10H,6,12H2,1H3. The fourth-order valence-electron chi connectivity index (χ4n) is 1.11. The largest absolute Gasteiger partial charge is 0.359 e. The van der Waals surface area contributed by atoms with Gasteiger partial charge in [0.1, 0.15) is 0 Å². The molecule has 0 heterocycles. The van der Waals surface area contributed by atoms with Gasteiger partial charge in [0, 0.05) is 12.5 Å². The monoisotopic (exact) mass is 159 g/mol.